The van der Waals surface area contributed by atoms with Gasteiger partial charge in [-0.1, -0.05) is 30.3 Å². The van der Waals surface area contributed by atoms with Crippen LogP contribution in [0.3, 0.4) is 0 Å². The van der Waals surface area contributed by atoms with Crippen LogP contribution in [0, 0.1) is 0 Å². The fraction of sp³-hybridized carbons (Fsp3) is 0.588. The van der Waals surface area contributed by atoms with E-state index in [1.54, 1.807) is 0 Å². The van der Waals surface area contributed by atoms with Crippen LogP contribution < -0.4 is 5.32 Å². The minimum absolute atomic E-state index is 0.0236. The maximum atomic E-state index is 11.4. The summed E-state index contributed by atoms with van der Waals surface area (Å²) in [6.45, 7) is 9.58. The summed E-state index contributed by atoms with van der Waals surface area (Å²) in [6.07, 6.45) is 0. The number of amides is 1. The van der Waals surface area contributed by atoms with E-state index in [9.17, 15) is 4.79 Å². The van der Waals surface area contributed by atoms with Crippen molar-refractivity contribution in [1.29, 1.82) is 0 Å². The lowest BCUT2D eigenvalue weighted by molar-refractivity contribution is -0.125. The van der Waals surface area contributed by atoms with Crippen LogP contribution in [0.25, 0.3) is 0 Å². The molecular weight excluding hydrogens is 278 g/mol. The summed E-state index contributed by atoms with van der Waals surface area (Å²) in [5.74, 6) is -0.0236. The first-order chi connectivity index (χ1) is 10.8. The van der Waals surface area contributed by atoms with Crippen LogP contribution in [0.2, 0.25) is 0 Å². The highest BCUT2D eigenvalue weighted by molar-refractivity contribution is 5.77. The number of ether oxygens (including phenoxy) is 1. The summed E-state index contributed by atoms with van der Waals surface area (Å²) in [6, 6.07) is 10.6. The Labute approximate surface area is 133 Å². The van der Waals surface area contributed by atoms with Crippen LogP contribution in [-0.2, 0) is 16.1 Å². The number of carbonyl (C=O) groups is 1. The van der Waals surface area contributed by atoms with Crippen LogP contribution in [0.1, 0.15) is 12.5 Å². The van der Waals surface area contributed by atoms with Gasteiger partial charge in [0.25, 0.3) is 0 Å². The van der Waals surface area contributed by atoms with E-state index in [1.165, 1.54) is 5.56 Å². The molecule has 0 aromatic heterocycles. The van der Waals surface area contributed by atoms with Gasteiger partial charge in [-0.05, 0) is 12.5 Å². The first kappa shape index (κ1) is 16.9. The lowest BCUT2D eigenvalue weighted by Gasteiger charge is -2.34. The lowest BCUT2D eigenvalue weighted by atomic mass is 10.2. The second-order valence-electron chi connectivity index (χ2n) is 5.59. The summed E-state index contributed by atoms with van der Waals surface area (Å²) >= 11 is 0. The van der Waals surface area contributed by atoms with Crippen molar-refractivity contribution in [3.05, 3.63) is 35.9 Å². The molecule has 0 unspecified atom stereocenters. The summed E-state index contributed by atoms with van der Waals surface area (Å²) < 4.78 is 5.08. The SMILES string of the molecule is CCOCC(=O)NCCN1CCN(Cc2ccccc2)CC1. The van der Waals surface area contributed by atoms with Crippen LogP contribution >= 0.6 is 0 Å². The molecule has 0 atom stereocenters. The average Bonchev–Trinajstić information content (AvgIpc) is 2.55. The maximum absolute atomic E-state index is 11.4. The number of rotatable bonds is 8. The summed E-state index contributed by atoms with van der Waals surface area (Å²) in [5.41, 5.74) is 1.37. The van der Waals surface area contributed by atoms with Gasteiger partial charge < -0.3 is 10.1 Å². The second-order valence-corrected chi connectivity index (χ2v) is 5.59. The highest BCUT2D eigenvalue weighted by Gasteiger charge is 2.16. The number of benzene rings is 1. The van der Waals surface area contributed by atoms with Crippen molar-refractivity contribution < 1.29 is 9.53 Å². The molecule has 1 fully saturated rings. The zero-order valence-corrected chi connectivity index (χ0v) is 13.5. The minimum atomic E-state index is -0.0236. The molecule has 1 aliphatic rings. The average molecular weight is 305 g/mol. The fourth-order valence-electron chi connectivity index (χ4n) is 2.61. The van der Waals surface area contributed by atoms with E-state index in [0.717, 1.165) is 39.3 Å². The molecule has 1 amide bonds. The fourth-order valence-corrected chi connectivity index (χ4v) is 2.61. The molecule has 1 aromatic rings. The number of nitrogens with zero attached hydrogens (tertiary/aromatic N) is 2. The van der Waals surface area contributed by atoms with E-state index in [2.05, 4.69) is 45.4 Å². The summed E-state index contributed by atoms with van der Waals surface area (Å²) in [4.78, 5) is 16.3. The van der Waals surface area contributed by atoms with Crippen molar-refractivity contribution in [1.82, 2.24) is 15.1 Å². The Balaban J connectivity index is 1.58. The molecule has 1 saturated heterocycles. The number of hydrogen-bond donors (Lipinski definition) is 1. The topological polar surface area (TPSA) is 44.8 Å². The Hall–Kier alpha value is -1.43. The van der Waals surface area contributed by atoms with Crippen LogP contribution in [-0.4, -0.2) is 68.2 Å². The van der Waals surface area contributed by atoms with Gasteiger partial charge in [-0.2, -0.15) is 0 Å². The van der Waals surface area contributed by atoms with E-state index in [0.29, 0.717) is 13.2 Å². The van der Waals surface area contributed by atoms with Crippen LogP contribution in [0.5, 0.6) is 0 Å². The minimum Gasteiger partial charge on any atom is -0.372 e. The molecular formula is C17H27N3O2. The Bertz CT molecular complexity index is 431. The highest BCUT2D eigenvalue weighted by atomic mass is 16.5. The van der Waals surface area contributed by atoms with Gasteiger partial charge in [0, 0.05) is 52.4 Å². The quantitative estimate of drug-likeness (QED) is 0.777. The Kier molecular flexibility index (Phi) is 7.36. The summed E-state index contributed by atoms with van der Waals surface area (Å²) in [5, 5.41) is 2.90. The highest BCUT2D eigenvalue weighted by Crippen LogP contribution is 2.07. The van der Waals surface area contributed by atoms with E-state index in [1.807, 2.05) is 6.92 Å². The Morgan fingerprint density at radius 2 is 1.82 bits per heavy atom. The number of nitrogens with one attached hydrogen (secondary N) is 1. The molecule has 0 bridgehead atoms. The molecule has 1 N–H and O–H groups in total. The number of carbonyl (C=O) groups excluding carboxylic acids is 1. The van der Waals surface area contributed by atoms with Crippen LogP contribution in [0.4, 0.5) is 0 Å². The Morgan fingerprint density at radius 3 is 2.50 bits per heavy atom. The van der Waals surface area contributed by atoms with Gasteiger partial charge in [0.15, 0.2) is 0 Å². The van der Waals surface area contributed by atoms with Crippen molar-refractivity contribution in [2.75, 3.05) is 52.5 Å². The molecule has 0 aliphatic carbocycles. The van der Waals surface area contributed by atoms with Crippen molar-refractivity contribution in [3.63, 3.8) is 0 Å². The van der Waals surface area contributed by atoms with Gasteiger partial charge in [0.2, 0.25) is 5.91 Å². The van der Waals surface area contributed by atoms with Crippen molar-refractivity contribution >= 4 is 5.91 Å². The number of hydrogen-bond acceptors (Lipinski definition) is 4. The normalized spacial score (nSPS) is 16.6. The van der Waals surface area contributed by atoms with Gasteiger partial charge in [-0.15, -0.1) is 0 Å². The predicted octanol–water partition coefficient (Wildman–Crippen LogP) is 0.957. The second kappa shape index (κ2) is 9.56. The molecule has 5 nitrogen and oxygen atoms in total. The van der Waals surface area contributed by atoms with Crippen molar-refractivity contribution in [2.45, 2.75) is 13.5 Å². The molecule has 122 valence electrons. The number of piperazine rings is 1. The molecule has 1 aliphatic heterocycles. The van der Waals surface area contributed by atoms with Gasteiger partial charge >= 0.3 is 0 Å². The molecule has 2 rings (SSSR count). The Morgan fingerprint density at radius 1 is 1.14 bits per heavy atom. The van der Waals surface area contributed by atoms with Gasteiger partial charge in [0.05, 0.1) is 0 Å². The zero-order chi connectivity index (χ0) is 15.6. The molecule has 0 saturated carbocycles. The van der Waals surface area contributed by atoms with Gasteiger partial charge in [-0.25, -0.2) is 0 Å². The molecule has 0 spiro atoms. The molecule has 1 heterocycles. The first-order valence-corrected chi connectivity index (χ1v) is 8.11. The largest absolute Gasteiger partial charge is 0.372 e. The van der Waals surface area contributed by atoms with E-state index in [4.69, 9.17) is 4.74 Å². The van der Waals surface area contributed by atoms with Crippen molar-refractivity contribution in [3.8, 4) is 0 Å². The third kappa shape index (κ3) is 6.13. The first-order valence-electron chi connectivity index (χ1n) is 8.11. The monoisotopic (exact) mass is 305 g/mol. The molecule has 1 aromatic carbocycles. The molecule has 5 heteroatoms. The standard InChI is InChI=1S/C17H27N3O2/c1-2-22-15-17(21)18-8-9-19-10-12-20(13-11-19)14-16-6-4-3-5-7-16/h3-7H,2,8-15H2,1H3,(H,18,21). The van der Waals surface area contributed by atoms with Crippen LogP contribution in [0.15, 0.2) is 30.3 Å². The van der Waals surface area contributed by atoms with Gasteiger partial charge in [-0.3, -0.25) is 14.6 Å². The van der Waals surface area contributed by atoms with E-state index in [-0.39, 0.29) is 12.5 Å². The van der Waals surface area contributed by atoms with E-state index < -0.39 is 0 Å². The maximum Gasteiger partial charge on any atom is 0.246 e. The smallest absolute Gasteiger partial charge is 0.246 e. The molecule has 0 radical (unpaired) electrons. The predicted molar refractivity (Wildman–Crippen MR) is 87.7 cm³/mol. The molecule has 22 heavy (non-hydrogen) atoms. The van der Waals surface area contributed by atoms with Gasteiger partial charge in [0.1, 0.15) is 6.61 Å². The third-order valence-electron chi connectivity index (χ3n) is 3.90. The van der Waals surface area contributed by atoms with Crippen molar-refractivity contribution in [2.24, 2.45) is 0 Å². The van der Waals surface area contributed by atoms with E-state index >= 15 is 0 Å². The lowest BCUT2D eigenvalue weighted by Crippen LogP contribution is -2.48. The zero-order valence-electron chi connectivity index (χ0n) is 13.5. The third-order valence-corrected chi connectivity index (χ3v) is 3.90. The summed E-state index contributed by atoms with van der Waals surface area (Å²) in [7, 11) is 0.